The monoisotopic (exact) mass is 295 g/mol. The fraction of sp³-hybridized carbons (Fsp3) is 0.400. The van der Waals surface area contributed by atoms with Crippen molar-refractivity contribution in [1.82, 2.24) is 4.98 Å². The molecule has 0 aromatic carbocycles. The van der Waals surface area contributed by atoms with Crippen molar-refractivity contribution in [2.45, 2.75) is 25.4 Å². The van der Waals surface area contributed by atoms with Gasteiger partial charge in [-0.1, -0.05) is 0 Å². The fourth-order valence-corrected chi connectivity index (χ4v) is 1.35. The van der Waals surface area contributed by atoms with E-state index in [9.17, 15) is 18.0 Å². The lowest BCUT2D eigenvalue weighted by Crippen LogP contribution is -2.09. The minimum atomic E-state index is -4.20. The van der Waals surface area contributed by atoms with Crippen molar-refractivity contribution < 1.29 is 18.0 Å². The van der Waals surface area contributed by atoms with E-state index in [1.165, 1.54) is 12.3 Å². The molecule has 0 fully saturated rings. The molecule has 0 amide bonds. The second kappa shape index (κ2) is 5.43. The first-order valence-corrected chi connectivity index (χ1v) is 5.39. The highest BCUT2D eigenvalue weighted by atomic mass is 79.9. The van der Waals surface area contributed by atoms with E-state index in [0.717, 1.165) is 4.47 Å². The van der Waals surface area contributed by atoms with Gasteiger partial charge in [0.25, 0.3) is 0 Å². The van der Waals surface area contributed by atoms with Crippen LogP contribution in [0.1, 0.15) is 29.8 Å². The van der Waals surface area contributed by atoms with Crippen LogP contribution < -0.4 is 0 Å². The molecule has 1 rings (SSSR count). The van der Waals surface area contributed by atoms with Crippen LogP contribution in [0.25, 0.3) is 0 Å². The van der Waals surface area contributed by atoms with Crippen molar-refractivity contribution in [2.75, 3.05) is 0 Å². The third-order valence-corrected chi connectivity index (χ3v) is 2.35. The quantitative estimate of drug-likeness (QED) is 0.792. The van der Waals surface area contributed by atoms with Crippen LogP contribution >= 0.6 is 15.9 Å². The van der Waals surface area contributed by atoms with Crippen LogP contribution in [0.3, 0.4) is 0 Å². The van der Waals surface area contributed by atoms with Crippen LogP contribution in [0.4, 0.5) is 13.2 Å². The van der Waals surface area contributed by atoms with E-state index >= 15 is 0 Å². The Morgan fingerprint density at radius 2 is 2.06 bits per heavy atom. The fourth-order valence-electron chi connectivity index (χ4n) is 1.12. The number of nitrogens with zero attached hydrogens (tertiary/aromatic N) is 1. The summed E-state index contributed by atoms with van der Waals surface area (Å²) in [5.41, 5.74) is 0.199. The summed E-state index contributed by atoms with van der Waals surface area (Å²) in [4.78, 5) is 15.2. The number of halogens is 4. The number of rotatable bonds is 4. The molecule has 0 spiro atoms. The van der Waals surface area contributed by atoms with Gasteiger partial charge in [0, 0.05) is 23.5 Å². The minimum Gasteiger partial charge on any atom is -0.292 e. The van der Waals surface area contributed by atoms with Crippen LogP contribution in [0.15, 0.2) is 22.8 Å². The molecule has 0 aliphatic heterocycles. The number of hydrogen-bond donors (Lipinski definition) is 0. The number of Topliss-reactive ketones (excluding diaryl/α,β-unsaturated/α-hetero) is 1. The van der Waals surface area contributed by atoms with Gasteiger partial charge < -0.3 is 0 Å². The summed E-state index contributed by atoms with van der Waals surface area (Å²) < 4.78 is 36.2. The lowest BCUT2D eigenvalue weighted by Gasteiger charge is -2.04. The largest absolute Gasteiger partial charge is 0.389 e. The van der Waals surface area contributed by atoms with Gasteiger partial charge in [0.15, 0.2) is 5.78 Å². The number of ketones is 1. The van der Waals surface area contributed by atoms with Crippen LogP contribution in [0, 0.1) is 0 Å². The van der Waals surface area contributed by atoms with Gasteiger partial charge >= 0.3 is 6.18 Å². The molecule has 88 valence electrons. The Morgan fingerprint density at radius 1 is 1.38 bits per heavy atom. The maximum atomic E-state index is 11.8. The maximum Gasteiger partial charge on any atom is 0.389 e. The number of carbonyl (C=O) groups is 1. The first-order chi connectivity index (χ1) is 7.38. The van der Waals surface area contributed by atoms with Gasteiger partial charge in [-0.15, -0.1) is 0 Å². The molecular weight excluding hydrogens is 287 g/mol. The predicted octanol–water partition coefficient (Wildman–Crippen LogP) is 3.76. The zero-order valence-corrected chi connectivity index (χ0v) is 9.81. The second-order valence-electron chi connectivity index (χ2n) is 3.25. The Morgan fingerprint density at radius 3 is 2.56 bits per heavy atom. The summed E-state index contributed by atoms with van der Waals surface area (Å²) in [6.07, 6.45) is -4.02. The molecule has 0 saturated heterocycles. The Balaban J connectivity index is 2.44. The summed E-state index contributed by atoms with van der Waals surface area (Å²) in [6.45, 7) is 0. The number of pyridine rings is 1. The van der Waals surface area contributed by atoms with Gasteiger partial charge in [-0.05, 0) is 34.5 Å². The molecule has 0 aliphatic carbocycles. The number of aromatic nitrogens is 1. The highest BCUT2D eigenvalue weighted by molar-refractivity contribution is 9.10. The third-order valence-electron chi connectivity index (χ3n) is 1.88. The average molecular weight is 296 g/mol. The smallest absolute Gasteiger partial charge is 0.292 e. The minimum absolute atomic E-state index is 0.131. The van der Waals surface area contributed by atoms with E-state index in [4.69, 9.17) is 0 Å². The molecule has 0 N–H and O–H groups in total. The van der Waals surface area contributed by atoms with Crippen LogP contribution in [0.2, 0.25) is 0 Å². The summed E-state index contributed by atoms with van der Waals surface area (Å²) in [5, 5.41) is 0. The van der Waals surface area contributed by atoms with E-state index in [0.29, 0.717) is 0 Å². The van der Waals surface area contributed by atoms with Crippen molar-refractivity contribution in [1.29, 1.82) is 0 Å². The summed E-state index contributed by atoms with van der Waals surface area (Å²) in [7, 11) is 0. The van der Waals surface area contributed by atoms with Gasteiger partial charge in [-0.2, -0.15) is 13.2 Å². The van der Waals surface area contributed by atoms with Crippen LogP contribution in [-0.2, 0) is 0 Å². The number of carbonyl (C=O) groups excluding carboxylic acids is 1. The first-order valence-electron chi connectivity index (χ1n) is 4.60. The number of alkyl halides is 3. The molecule has 0 radical (unpaired) electrons. The molecule has 0 saturated carbocycles. The van der Waals surface area contributed by atoms with Crippen LogP contribution in [0.5, 0.6) is 0 Å². The summed E-state index contributed by atoms with van der Waals surface area (Å²) in [6, 6.07) is 3.12. The van der Waals surface area contributed by atoms with E-state index in [-0.39, 0.29) is 24.3 Å². The van der Waals surface area contributed by atoms with Crippen molar-refractivity contribution in [3.8, 4) is 0 Å². The zero-order valence-electron chi connectivity index (χ0n) is 8.22. The Labute approximate surface area is 99.0 Å². The number of hydrogen-bond acceptors (Lipinski definition) is 2. The average Bonchev–Trinajstić information content (AvgIpc) is 2.16. The van der Waals surface area contributed by atoms with Crippen molar-refractivity contribution in [3.05, 3.63) is 28.5 Å². The second-order valence-corrected chi connectivity index (χ2v) is 4.17. The molecule has 2 nitrogen and oxygen atoms in total. The molecule has 1 aromatic rings. The van der Waals surface area contributed by atoms with E-state index in [1.807, 2.05) is 0 Å². The topological polar surface area (TPSA) is 30.0 Å². The summed E-state index contributed by atoms with van der Waals surface area (Å²) in [5.74, 6) is -0.364. The molecule has 6 heteroatoms. The molecular formula is C10H9BrF3NO. The van der Waals surface area contributed by atoms with Gasteiger partial charge in [0.05, 0.1) is 0 Å². The Bertz CT molecular complexity index is 361. The lowest BCUT2D eigenvalue weighted by molar-refractivity contribution is -0.135. The molecule has 16 heavy (non-hydrogen) atoms. The summed E-state index contributed by atoms with van der Waals surface area (Å²) >= 11 is 3.15. The molecule has 0 aliphatic rings. The first kappa shape index (κ1) is 13.2. The predicted molar refractivity (Wildman–Crippen MR) is 56.2 cm³/mol. The van der Waals surface area contributed by atoms with Crippen molar-refractivity contribution in [3.63, 3.8) is 0 Å². The lowest BCUT2D eigenvalue weighted by atomic mass is 10.1. The standard InChI is InChI=1S/C10H9BrF3NO/c11-7-3-4-8(15-6-7)9(16)2-1-5-10(12,13)14/h3-4,6H,1-2,5H2. The van der Waals surface area contributed by atoms with Crippen LogP contribution in [-0.4, -0.2) is 16.9 Å². The van der Waals surface area contributed by atoms with E-state index in [1.54, 1.807) is 6.07 Å². The third kappa shape index (κ3) is 4.74. The highest BCUT2D eigenvalue weighted by Crippen LogP contribution is 2.22. The van der Waals surface area contributed by atoms with Gasteiger partial charge in [-0.3, -0.25) is 9.78 Å². The van der Waals surface area contributed by atoms with Gasteiger partial charge in [0.2, 0.25) is 0 Å². The normalized spacial score (nSPS) is 11.5. The Kier molecular flexibility index (Phi) is 4.46. The molecule has 0 bridgehead atoms. The SMILES string of the molecule is O=C(CCCC(F)(F)F)c1ccc(Br)cn1. The molecule has 1 aromatic heterocycles. The zero-order chi connectivity index (χ0) is 12.2. The van der Waals surface area contributed by atoms with E-state index < -0.39 is 12.6 Å². The molecule has 0 atom stereocenters. The van der Waals surface area contributed by atoms with E-state index in [2.05, 4.69) is 20.9 Å². The maximum absolute atomic E-state index is 11.8. The van der Waals surface area contributed by atoms with Crippen molar-refractivity contribution >= 4 is 21.7 Å². The Hall–Kier alpha value is -0.910. The molecule has 1 heterocycles. The molecule has 0 unspecified atom stereocenters. The van der Waals surface area contributed by atoms with Gasteiger partial charge in [-0.25, -0.2) is 0 Å². The van der Waals surface area contributed by atoms with Crippen molar-refractivity contribution in [2.24, 2.45) is 0 Å². The van der Waals surface area contributed by atoms with Gasteiger partial charge in [0.1, 0.15) is 5.69 Å². The highest BCUT2D eigenvalue weighted by Gasteiger charge is 2.26.